The van der Waals surface area contributed by atoms with Gasteiger partial charge in [0, 0.05) is 50.9 Å². The molecule has 32 heavy (non-hydrogen) atoms. The maximum atomic E-state index is 5.61. The van der Waals surface area contributed by atoms with Crippen molar-refractivity contribution < 1.29 is 0 Å². The molecule has 0 radical (unpaired) electrons. The summed E-state index contributed by atoms with van der Waals surface area (Å²) in [6, 6.07) is 32.8. The number of hydrogen-bond donors (Lipinski definition) is 2. The fourth-order valence-corrected chi connectivity index (χ4v) is 3.26. The van der Waals surface area contributed by atoms with Crippen molar-refractivity contribution in [2.45, 2.75) is 0 Å². The van der Waals surface area contributed by atoms with Crippen molar-refractivity contribution in [2.75, 3.05) is 49.5 Å². The van der Waals surface area contributed by atoms with E-state index in [1.54, 1.807) is 0 Å². The minimum Gasteiger partial charge on any atom is -0.399 e. The Morgan fingerprint density at radius 3 is 0.812 bits per heavy atom. The minimum absolute atomic E-state index is 0.782. The smallest absolute Gasteiger partial charge is 0.0361 e. The van der Waals surface area contributed by atoms with Gasteiger partial charge in [-0.2, -0.15) is 0 Å². The highest BCUT2D eigenvalue weighted by Crippen LogP contribution is 2.24. The summed E-state index contributed by atoms with van der Waals surface area (Å²) in [6.07, 6.45) is 0. The third kappa shape index (κ3) is 6.05. The first-order valence-electron chi connectivity index (χ1n) is 10.6. The molecule has 0 aliphatic rings. The lowest BCUT2D eigenvalue weighted by atomic mass is 10.0. The van der Waals surface area contributed by atoms with Gasteiger partial charge in [-0.15, -0.1) is 0 Å². The molecule has 0 heterocycles. The molecule has 0 aliphatic heterocycles. The highest BCUT2D eigenvalue weighted by molar-refractivity contribution is 5.69. The van der Waals surface area contributed by atoms with E-state index < -0.39 is 0 Å². The molecule has 164 valence electrons. The van der Waals surface area contributed by atoms with Crippen LogP contribution < -0.4 is 21.3 Å². The van der Waals surface area contributed by atoms with Crippen molar-refractivity contribution >= 4 is 22.7 Å². The van der Waals surface area contributed by atoms with E-state index in [9.17, 15) is 0 Å². The summed E-state index contributed by atoms with van der Waals surface area (Å²) in [7, 11) is 8.23. The SMILES string of the molecule is CN(C)c1ccc(-c2ccc(N(C)C)cc2)cc1.Nc1ccc(-c2ccc(N)cc2)cc1. The van der Waals surface area contributed by atoms with Crippen LogP contribution in [0.1, 0.15) is 0 Å². The topological polar surface area (TPSA) is 58.5 Å². The molecule has 0 amide bonds. The summed E-state index contributed by atoms with van der Waals surface area (Å²) >= 11 is 0. The third-order valence-electron chi connectivity index (χ3n) is 5.26. The van der Waals surface area contributed by atoms with Gasteiger partial charge in [0.15, 0.2) is 0 Å². The zero-order valence-electron chi connectivity index (χ0n) is 19.3. The Morgan fingerprint density at radius 1 is 0.375 bits per heavy atom. The number of rotatable bonds is 4. The van der Waals surface area contributed by atoms with Crippen LogP contribution in [0.3, 0.4) is 0 Å². The first kappa shape index (κ1) is 22.8. The molecule has 0 saturated heterocycles. The molecule has 4 aromatic rings. The maximum Gasteiger partial charge on any atom is 0.0361 e. The Hall–Kier alpha value is -3.92. The molecule has 0 fully saturated rings. The van der Waals surface area contributed by atoms with Crippen LogP contribution in [0, 0.1) is 0 Å². The van der Waals surface area contributed by atoms with E-state index in [-0.39, 0.29) is 0 Å². The van der Waals surface area contributed by atoms with E-state index in [0.29, 0.717) is 0 Å². The van der Waals surface area contributed by atoms with Crippen LogP contribution in [0.4, 0.5) is 22.7 Å². The summed E-state index contributed by atoms with van der Waals surface area (Å²) in [5.74, 6) is 0. The summed E-state index contributed by atoms with van der Waals surface area (Å²) in [4.78, 5) is 4.22. The molecule has 4 nitrogen and oxygen atoms in total. The summed E-state index contributed by atoms with van der Waals surface area (Å²) in [5, 5.41) is 0. The van der Waals surface area contributed by atoms with E-state index in [0.717, 1.165) is 22.5 Å². The predicted octanol–water partition coefficient (Wildman–Crippen LogP) is 6.00. The summed E-state index contributed by atoms with van der Waals surface area (Å²) in [5.41, 5.74) is 20.0. The standard InChI is InChI=1S/C16H20N2.C12H12N2/c1-17(2)15-9-5-13(6-10-15)14-7-11-16(12-8-14)18(3)4;13-11-5-1-9(2-6-11)10-3-7-12(14)8-4-10/h5-12H,1-4H3;1-8H,13-14H2. The summed E-state index contributed by atoms with van der Waals surface area (Å²) < 4.78 is 0. The van der Waals surface area contributed by atoms with Crippen molar-refractivity contribution in [1.29, 1.82) is 0 Å². The monoisotopic (exact) mass is 424 g/mol. The van der Waals surface area contributed by atoms with Gasteiger partial charge in [-0.25, -0.2) is 0 Å². The van der Waals surface area contributed by atoms with Gasteiger partial charge in [0.2, 0.25) is 0 Å². The maximum absolute atomic E-state index is 5.61. The molecular formula is C28H32N4. The molecule has 0 spiro atoms. The molecule has 4 N–H and O–H groups in total. The zero-order valence-corrected chi connectivity index (χ0v) is 19.3. The Kier molecular flexibility index (Phi) is 7.40. The lowest BCUT2D eigenvalue weighted by Crippen LogP contribution is -2.08. The van der Waals surface area contributed by atoms with Crippen molar-refractivity contribution in [3.8, 4) is 22.3 Å². The number of nitrogens with two attached hydrogens (primary N) is 2. The number of nitrogen functional groups attached to an aromatic ring is 2. The van der Waals surface area contributed by atoms with Crippen LogP contribution in [0.5, 0.6) is 0 Å². The largest absolute Gasteiger partial charge is 0.399 e. The molecule has 4 heteroatoms. The predicted molar refractivity (Wildman–Crippen MR) is 141 cm³/mol. The third-order valence-corrected chi connectivity index (χ3v) is 5.26. The Labute approximate surface area is 191 Å². The van der Waals surface area contributed by atoms with Crippen LogP contribution in [-0.2, 0) is 0 Å². The van der Waals surface area contributed by atoms with Crippen LogP contribution in [0.25, 0.3) is 22.3 Å². The van der Waals surface area contributed by atoms with Crippen LogP contribution in [0.15, 0.2) is 97.1 Å². The van der Waals surface area contributed by atoms with E-state index in [1.807, 2.05) is 48.5 Å². The second kappa shape index (κ2) is 10.4. The number of anilines is 4. The first-order valence-corrected chi connectivity index (χ1v) is 10.6. The van der Waals surface area contributed by atoms with Gasteiger partial charge >= 0.3 is 0 Å². The van der Waals surface area contributed by atoms with E-state index in [2.05, 4.69) is 86.5 Å². The van der Waals surface area contributed by atoms with Crippen molar-refractivity contribution in [3.05, 3.63) is 97.1 Å². The molecule has 0 unspecified atom stereocenters. The molecule has 4 aromatic carbocycles. The second-order valence-corrected chi connectivity index (χ2v) is 8.13. The number of hydrogen-bond acceptors (Lipinski definition) is 4. The highest BCUT2D eigenvalue weighted by Gasteiger charge is 2.00. The zero-order chi connectivity index (χ0) is 23.1. The van der Waals surface area contributed by atoms with E-state index in [1.165, 1.54) is 22.5 Å². The van der Waals surface area contributed by atoms with E-state index in [4.69, 9.17) is 11.5 Å². The van der Waals surface area contributed by atoms with Gasteiger partial charge in [0.25, 0.3) is 0 Å². The number of nitrogens with zero attached hydrogens (tertiary/aromatic N) is 2. The molecule has 0 bridgehead atoms. The average Bonchev–Trinajstić information content (AvgIpc) is 2.81. The van der Waals surface area contributed by atoms with Gasteiger partial charge in [0.1, 0.15) is 0 Å². The van der Waals surface area contributed by atoms with Gasteiger partial charge in [-0.05, 0) is 70.8 Å². The van der Waals surface area contributed by atoms with Gasteiger partial charge in [0.05, 0.1) is 0 Å². The van der Waals surface area contributed by atoms with Crippen LogP contribution >= 0.6 is 0 Å². The van der Waals surface area contributed by atoms with Crippen LogP contribution in [-0.4, -0.2) is 28.2 Å². The van der Waals surface area contributed by atoms with E-state index >= 15 is 0 Å². The average molecular weight is 425 g/mol. The number of benzene rings is 4. The summed E-state index contributed by atoms with van der Waals surface area (Å²) in [6.45, 7) is 0. The molecule has 0 aromatic heterocycles. The Balaban J connectivity index is 0.000000186. The Bertz CT molecular complexity index is 1000. The van der Waals surface area contributed by atoms with Gasteiger partial charge in [-0.1, -0.05) is 48.5 Å². The van der Waals surface area contributed by atoms with Gasteiger partial charge < -0.3 is 21.3 Å². The molecular weight excluding hydrogens is 392 g/mol. The normalized spacial score (nSPS) is 10.1. The molecule has 0 atom stereocenters. The molecule has 0 aliphatic carbocycles. The van der Waals surface area contributed by atoms with Gasteiger partial charge in [-0.3, -0.25) is 0 Å². The molecule has 0 saturated carbocycles. The Morgan fingerprint density at radius 2 is 0.594 bits per heavy atom. The second-order valence-electron chi connectivity index (χ2n) is 8.13. The minimum atomic E-state index is 0.782. The fraction of sp³-hybridized carbons (Fsp3) is 0.143. The fourth-order valence-electron chi connectivity index (χ4n) is 3.26. The van der Waals surface area contributed by atoms with Crippen molar-refractivity contribution in [3.63, 3.8) is 0 Å². The lowest BCUT2D eigenvalue weighted by Gasteiger charge is -2.14. The lowest BCUT2D eigenvalue weighted by molar-refractivity contribution is 1.13. The highest BCUT2D eigenvalue weighted by atomic mass is 15.1. The quantitative estimate of drug-likeness (QED) is 0.394. The van der Waals surface area contributed by atoms with Crippen LogP contribution in [0.2, 0.25) is 0 Å². The van der Waals surface area contributed by atoms with Crippen molar-refractivity contribution in [2.24, 2.45) is 0 Å². The van der Waals surface area contributed by atoms with Crippen molar-refractivity contribution in [1.82, 2.24) is 0 Å². The first-order chi connectivity index (χ1) is 15.3. The molecule has 4 rings (SSSR count).